The van der Waals surface area contributed by atoms with Crippen LogP contribution in [-0.2, 0) is 10.0 Å². The lowest BCUT2D eigenvalue weighted by molar-refractivity contribution is 0.102. The van der Waals surface area contributed by atoms with Gasteiger partial charge in [-0.15, -0.1) is 11.3 Å². The molecule has 0 atom stereocenters. The molecule has 156 valence electrons. The lowest BCUT2D eigenvalue weighted by atomic mass is 10.1. The third-order valence-electron chi connectivity index (χ3n) is 5.18. The van der Waals surface area contributed by atoms with E-state index in [2.05, 4.69) is 10.3 Å². The van der Waals surface area contributed by atoms with Crippen molar-refractivity contribution in [1.29, 1.82) is 0 Å². The zero-order valence-electron chi connectivity index (χ0n) is 16.5. The largest absolute Gasteiger partial charge is 0.322 e. The third-order valence-corrected chi connectivity index (χ3v) is 8.13. The molecular weight excluding hydrogens is 430 g/mol. The summed E-state index contributed by atoms with van der Waals surface area (Å²) in [6, 6.07) is 22.3. The van der Waals surface area contributed by atoms with Crippen molar-refractivity contribution >= 4 is 48.9 Å². The Labute approximate surface area is 184 Å². The smallest absolute Gasteiger partial charge is 0.255 e. The molecule has 4 aromatic rings. The van der Waals surface area contributed by atoms with Crippen molar-refractivity contribution in [2.45, 2.75) is 6.42 Å². The molecule has 3 aromatic carbocycles. The number of nitrogens with one attached hydrogen (secondary N) is 1. The van der Waals surface area contributed by atoms with Crippen LogP contribution < -0.4 is 9.62 Å². The number of nitrogens with zero attached hydrogens (tertiary/aromatic N) is 2. The van der Waals surface area contributed by atoms with Gasteiger partial charge in [-0.05, 0) is 61.0 Å². The number of carbonyl (C=O) groups excluding carboxylic acids is 1. The van der Waals surface area contributed by atoms with E-state index < -0.39 is 10.0 Å². The molecule has 1 fully saturated rings. The molecule has 1 aliphatic rings. The molecular formula is C23H19N3O3S2. The Hall–Kier alpha value is -3.23. The molecule has 1 aliphatic heterocycles. The van der Waals surface area contributed by atoms with Gasteiger partial charge >= 0.3 is 0 Å². The molecule has 5 rings (SSSR count). The van der Waals surface area contributed by atoms with Gasteiger partial charge in [0, 0.05) is 23.4 Å². The molecule has 1 N–H and O–H groups in total. The van der Waals surface area contributed by atoms with Crippen molar-refractivity contribution in [3.05, 3.63) is 78.4 Å². The van der Waals surface area contributed by atoms with Crippen molar-refractivity contribution in [3.63, 3.8) is 0 Å². The van der Waals surface area contributed by atoms with E-state index in [-0.39, 0.29) is 11.7 Å². The van der Waals surface area contributed by atoms with Gasteiger partial charge in [-0.25, -0.2) is 13.4 Å². The minimum absolute atomic E-state index is 0.143. The van der Waals surface area contributed by atoms with Gasteiger partial charge in [-0.2, -0.15) is 0 Å². The minimum atomic E-state index is -3.29. The van der Waals surface area contributed by atoms with Crippen LogP contribution in [0.5, 0.6) is 0 Å². The maximum atomic E-state index is 12.7. The van der Waals surface area contributed by atoms with Crippen LogP contribution in [0.3, 0.4) is 0 Å². The molecule has 0 spiro atoms. The summed E-state index contributed by atoms with van der Waals surface area (Å²) in [6.45, 7) is 0.445. The molecule has 2 heterocycles. The van der Waals surface area contributed by atoms with E-state index in [1.807, 2.05) is 48.5 Å². The first kappa shape index (κ1) is 19.7. The lowest BCUT2D eigenvalue weighted by Gasteiger charge is -2.17. The second-order valence-electron chi connectivity index (χ2n) is 7.31. The van der Waals surface area contributed by atoms with E-state index in [0.29, 0.717) is 29.9 Å². The Morgan fingerprint density at radius 3 is 2.55 bits per heavy atom. The Morgan fingerprint density at radius 2 is 1.81 bits per heavy atom. The first-order valence-corrected chi connectivity index (χ1v) is 12.3. The van der Waals surface area contributed by atoms with Crippen LogP contribution in [-0.4, -0.2) is 31.6 Å². The second-order valence-corrected chi connectivity index (χ2v) is 10.4. The number of hydrogen-bond acceptors (Lipinski definition) is 5. The number of thiazole rings is 1. The van der Waals surface area contributed by atoms with Gasteiger partial charge in [0.1, 0.15) is 5.01 Å². The number of benzene rings is 3. The molecule has 0 saturated carbocycles. The first-order valence-electron chi connectivity index (χ1n) is 9.87. The van der Waals surface area contributed by atoms with Gasteiger partial charge in [0.2, 0.25) is 10.0 Å². The van der Waals surface area contributed by atoms with Crippen molar-refractivity contribution in [2.24, 2.45) is 0 Å². The molecule has 0 radical (unpaired) electrons. The van der Waals surface area contributed by atoms with Crippen LogP contribution >= 0.6 is 11.3 Å². The van der Waals surface area contributed by atoms with Crippen LogP contribution in [0.1, 0.15) is 16.8 Å². The number of para-hydroxylation sites is 1. The van der Waals surface area contributed by atoms with Gasteiger partial charge in [0.15, 0.2) is 0 Å². The maximum absolute atomic E-state index is 12.7. The van der Waals surface area contributed by atoms with E-state index in [1.54, 1.807) is 35.6 Å². The summed E-state index contributed by atoms with van der Waals surface area (Å²) in [5.41, 5.74) is 3.56. The highest BCUT2D eigenvalue weighted by Gasteiger charge is 2.28. The van der Waals surface area contributed by atoms with E-state index >= 15 is 0 Å². The Kier molecular flexibility index (Phi) is 4.95. The highest BCUT2D eigenvalue weighted by molar-refractivity contribution is 7.93. The van der Waals surface area contributed by atoms with Crippen LogP contribution in [0, 0.1) is 0 Å². The number of anilines is 2. The van der Waals surface area contributed by atoms with Gasteiger partial charge < -0.3 is 5.32 Å². The molecule has 6 nitrogen and oxygen atoms in total. The Bertz CT molecular complexity index is 1350. The topological polar surface area (TPSA) is 79.4 Å². The summed E-state index contributed by atoms with van der Waals surface area (Å²) in [7, 11) is -3.29. The molecule has 0 unspecified atom stereocenters. The average Bonchev–Trinajstić information content (AvgIpc) is 3.37. The van der Waals surface area contributed by atoms with E-state index in [9.17, 15) is 13.2 Å². The summed E-state index contributed by atoms with van der Waals surface area (Å²) in [4.78, 5) is 17.4. The number of rotatable bonds is 4. The number of sulfonamides is 1. The predicted molar refractivity (Wildman–Crippen MR) is 125 cm³/mol. The predicted octanol–water partition coefficient (Wildman–Crippen LogP) is 4.76. The van der Waals surface area contributed by atoms with Crippen LogP contribution in [0.4, 0.5) is 11.4 Å². The zero-order chi connectivity index (χ0) is 21.4. The quantitative estimate of drug-likeness (QED) is 0.487. The highest BCUT2D eigenvalue weighted by Crippen LogP contribution is 2.31. The zero-order valence-corrected chi connectivity index (χ0v) is 18.1. The van der Waals surface area contributed by atoms with Gasteiger partial charge in [-0.3, -0.25) is 9.10 Å². The molecule has 1 amide bonds. The van der Waals surface area contributed by atoms with Crippen LogP contribution in [0.25, 0.3) is 20.8 Å². The third kappa shape index (κ3) is 3.92. The molecule has 8 heteroatoms. The van der Waals surface area contributed by atoms with Gasteiger partial charge in [0.25, 0.3) is 5.91 Å². The summed E-state index contributed by atoms with van der Waals surface area (Å²) in [6.07, 6.45) is 0.597. The van der Waals surface area contributed by atoms with Crippen molar-refractivity contribution in [2.75, 3.05) is 21.9 Å². The number of aromatic nitrogens is 1. The van der Waals surface area contributed by atoms with Crippen LogP contribution in [0.15, 0.2) is 72.8 Å². The summed E-state index contributed by atoms with van der Waals surface area (Å²) in [5.74, 6) is -0.143. The average molecular weight is 450 g/mol. The highest BCUT2D eigenvalue weighted by atomic mass is 32.2. The number of fused-ring (bicyclic) bond motifs is 1. The normalized spacial score (nSPS) is 15.3. The van der Waals surface area contributed by atoms with Crippen LogP contribution in [0.2, 0.25) is 0 Å². The minimum Gasteiger partial charge on any atom is -0.322 e. The second kappa shape index (κ2) is 7.79. The fourth-order valence-electron chi connectivity index (χ4n) is 3.63. The molecule has 0 bridgehead atoms. The van der Waals surface area contributed by atoms with Crippen molar-refractivity contribution < 1.29 is 13.2 Å². The van der Waals surface area contributed by atoms with E-state index in [0.717, 1.165) is 20.8 Å². The molecule has 31 heavy (non-hydrogen) atoms. The maximum Gasteiger partial charge on any atom is 0.255 e. The SMILES string of the molecule is O=C(Nc1ccc(-c2nc3ccccc3s2)cc1)c1cccc(N2CCCS2(=O)=O)c1. The first-order chi connectivity index (χ1) is 15.0. The van der Waals surface area contributed by atoms with Gasteiger partial charge in [0.05, 0.1) is 21.7 Å². The lowest BCUT2D eigenvalue weighted by Crippen LogP contribution is -2.25. The van der Waals surface area contributed by atoms with E-state index in [1.165, 1.54) is 4.31 Å². The summed E-state index contributed by atoms with van der Waals surface area (Å²) >= 11 is 1.63. The summed E-state index contributed by atoms with van der Waals surface area (Å²) in [5, 5.41) is 3.81. The number of amides is 1. The molecule has 1 aromatic heterocycles. The summed E-state index contributed by atoms with van der Waals surface area (Å²) < 4.78 is 26.8. The monoisotopic (exact) mass is 449 g/mol. The van der Waals surface area contributed by atoms with Crippen molar-refractivity contribution in [3.8, 4) is 10.6 Å². The van der Waals surface area contributed by atoms with E-state index in [4.69, 9.17) is 0 Å². The Balaban J connectivity index is 1.33. The fraction of sp³-hybridized carbons (Fsp3) is 0.130. The molecule has 0 aliphatic carbocycles. The van der Waals surface area contributed by atoms with Crippen molar-refractivity contribution in [1.82, 2.24) is 4.98 Å². The Morgan fingerprint density at radius 1 is 1.00 bits per heavy atom. The fourth-order valence-corrected chi connectivity index (χ4v) is 6.15. The van der Waals surface area contributed by atoms with Gasteiger partial charge in [-0.1, -0.05) is 18.2 Å². The number of hydrogen-bond donors (Lipinski definition) is 1. The number of carbonyl (C=O) groups is 1. The molecule has 1 saturated heterocycles. The standard InChI is InChI=1S/C23H19N3O3S2/c27-22(17-5-3-6-19(15-17)26-13-4-14-31(26,28)29)24-18-11-9-16(10-12-18)23-25-20-7-1-2-8-21(20)30-23/h1-3,5-12,15H,4,13-14H2,(H,24,27).